The SMILES string of the molecule is C.N.[H-].[H-].[Mg+2].[Ti]. The molecule has 0 aliphatic rings. The average Bonchev–Trinajstić information content (AvgIpc) is 0. The molecule has 0 bridgehead atoms. The van der Waals surface area contributed by atoms with Crippen LogP contribution in [0.25, 0.3) is 0 Å². The first-order valence-corrected chi connectivity index (χ1v) is 0. The van der Waals surface area contributed by atoms with E-state index in [1.807, 2.05) is 0 Å². The van der Waals surface area contributed by atoms with Crippen molar-refractivity contribution in [2.24, 2.45) is 0 Å². The fraction of sp³-hybridized carbons (Fsp3) is 1.00. The van der Waals surface area contributed by atoms with Gasteiger partial charge in [-0.2, -0.15) is 0 Å². The van der Waals surface area contributed by atoms with Gasteiger partial charge >= 0.3 is 23.1 Å². The minimum Gasteiger partial charge on any atom is -1.00 e. The van der Waals surface area contributed by atoms with E-state index in [9.17, 15) is 0 Å². The summed E-state index contributed by atoms with van der Waals surface area (Å²) in [5.74, 6) is 0. The van der Waals surface area contributed by atoms with Gasteiger partial charge < -0.3 is 9.00 Å². The zero-order valence-corrected chi connectivity index (χ0v) is 4.89. The molecular weight excluding hydrogens is 98.2 g/mol. The average molecular weight is 107 g/mol. The van der Waals surface area contributed by atoms with Crippen LogP contribution >= 0.6 is 0 Å². The summed E-state index contributed by atoms with van der Waals surface area (Å²) in [5.41, 5.74) is 0. The molecule has 24 valence electrons. The monoisotopic (exact) mass is 107 g/mol. The van der Waals surface area contributed by atoms with Crippen molar-refractivity contribution in [3.05, 3.63) is 0 Å². The standard InChI is InChI=1S/CH4.Mg.H3N.Ti.2H/h1H4;;1H3;;;/q;+2;;;2*-1. The minimum absolute atomic E-state index is 0. The molecule has 0 fully saturated rings. The summed E-state index contributed by atoms with van der Waals surface area (Å²) < 4.78 is 0. The molecule has 4 heavy (non-hydrogen) atoms. The normalized spacial score (nSPS) is 0. The molecule has 0 aromatic rings. The predicted octanol–water partition coefficient (Wildman–Crippen LogP) is 0.640. The number of hydrogen-bond donors (Lipinski definition) is 1. The summed E-state index contributed by atoms with van der Waals surface area (Å²) >= 11 is 0. The van der Waals surface area contributed by atoms with Crippen LogP contribution in [0.1, 0.15) is 10.3 Å². The van der Waals surface area contributed by atoms with Gasteiger partial charge in [0.25, 0.3) is 0 Å². The molecule has 0 aliphatic heterocycles. The van der Waals surface area contributed by atoms with Crippen molar-refractivity contribution in [1.29, 1.82) is 0 Å². The molecule has 0 saturated heterocycles. The van der Waals surface area contributed by atoms with Gasteiger partial charge in [0.05, 0.1) is 0 Å². The predicted molar refractivity (Wildman–Crippen MR) is 19.7 cm³/mol. The molecule has 0 saturated carbocycles. The quantitative estimate of drug-likeness (QED) is 0.453. The largest absolute Gasteiger partial charge is 2.00 e. The molecule has 3 N–H and O–H groups in total. The van der Waals surface area contributed by atoms with Crippen LogP contribution in [0.2, 0.25) is 0 Å². The first-order valence-electron chi connectivity index (χ1n) is 0. The fourth-order valence-electron chi connectivity index (χ4n) is 0. The Hall–Kier alpha value is 1.44. The Kier molecular flexibility index (Phi) is 327. The first-order chi connectivity index (χ1) is 0. The van der Waals surface area contributed by atoms with Crippen LogP contribution < -0.4 is 6.15 Å². The number of rotatable bonds is 0. The Bertz CT molecular complexity index is 13.5. The molecule has 0 aromatic carbocycles. The van der Waals surface area contributed by atoms with Gasteiger partial charge in [-0.25, -0.2) is 0 Å². The number of hydrogen-bond acceptors (Lipinski definition) is 1. The second kappa shape index (κ2) is 25.3. The maximum Gasteiger partial charge on any atom is 2.00 e. The summed E-state index contributed by atoms with van der Waals surface area (Å²) in [6.45, 7) is 0. The third-order valence-corrected chi connectivity index (χ3v) is 0. The van der Waals surface area contributed by atoms with Crippen molar-refractivity contribution >= 4 is 23.1 Å². The minimum atomic E-state index is 0. The van der Waals surface area contributed by atoms with E-state index >= 15 is 0 Å². The molecule has 0 heterocycles. The van der Waals surface area contributed by atoms with Crippen molar-refractivity contribution < 1.29 is 24.6 Å². The molecule has 0 unspecified atom stereocenters. The molecule has 0 radical (unpaired) electrons. The van der Waals surface area contributed by atoms with Crippen LogP contribution in [0.4, 0.5) is 0 Å². The Morgan fingerprint density at radius 3 is 1.25 bits per heavy atom. The van der Waals surface area contributed by atoms with Gasteiger partial charge in [0.15, 0.2) is 0 Å². The molecule has 3 heteroatoms. The first kappa shape index (κ1) is 51.7. The van der Waals surface area contributed by atoms with E-state index in [-0.39, 0.29) is 61.2 Å². The van der Waals surface area contributed by atoms with Gasteiger partial charge in [0.1, 0.15) is 0 Å². The topological polar surface area (TPSA) is 35.0 Å². The third-order valence-electron chi connectivity index (χ3n) is 0. The molecule has 0 amide bonds. The van der Waals surface area contributed by atoms with Gasteiger partial charge in [0, 0.05) is 21.7 Å². The van der Waals surface area contributed by atoms with Crippen LogP contribution in [0.15, 0.2) is 0 Å². The zero-order chi connectivity index (χ0) is 0. The van der Waals surface area contributed by atoms with E-state index in [1.165, 1.54) is 0 Å². The van der Waals surface area contributed by atoms with E-state index in [4.69, 9.17) is 0 Å². The smallest absolute Gasteiger partial charge is 1.00 e. The van der Waals surface area contributed by atoms with Crippen LogP contribution in [0.3, 0.4) is 0 Å². The summed E-state index contributed by atoms with van der Waals surface area (Å²) in [6.07, 6.45) is 0. The van der Waals surface area contributed by atoms with E-state index in [1.54, 1.807) is 0 Å². The second-order valence-corrected chi connectivity index (χ2v) is 0. The molecule has 0 aromatic heterocycles. The summed E-state index contributed by atoms with van der Waals surface area (Å²) in [4.78, 5) is 0. The van der Waals surface area contributed by atoms with Gasteiger partial charge in [-0.05, 0) is 0 Å². The van der Waals surface area contributed by atoms with Crippen LogP contribution in [-0.4, -0.2) is 23.1 Å². The molecule has 0 spiro atoms. The van der Waals surface area contributed by atoms with E-state index in [0.29, 0.717) is 0 Å². The molecular formula is CH9MgNTi. The zero-order valence-electron chi connectivity index (χ0n) is 3.91. The van der Waals surface area contributed by atoms with Gasteiger partial charge in [0.2, 0.25) is 0 Å². The summed E-state index contributed by atoms with van der Waals surface area (Å²) in [6, 6.07) is 0. The molecule has 0 atom stereocenters. The van der Waals surface area contributed by atoms with E-state index < -0.39 is 0 Å². The van der Waals surface area contributed by atoms with E-state index in [2.05, 4.69) is 0 Å². The van der Waals surface area contributed by atoms with Crippen molar-refractivity contribution in [3.8, 4) is 0 Å². The van der Waals surface area contributed by atoms with Crippen molar-refractivity contribution in [1.82, 2.24) is 6.15 Å². The van der Waals surface area contributed by atoms with Crippen LogP contribution in [0, 0.1) is 0 Å². The van der Waals surface area contributed by atoms with Crippen molar-refractivity contribution in [2.75, 3.05) is 0 Å². The van der Waals surface area contributed by atoms with Gasteiger partial charge in [-0.1, -0.05) is 7.43 Å². The van der Waals surface area contributed by atoms with Gasteiger partial charge in [-0.15, -0.1) is 0 Å². The molecule has 0 rings (SSSR count). The Morgan fingerprint density at radius 2 is 1.25 bits per heavy atom. The third kappa shape index (κ3) is 9.88. The molecule has 1 nitrogen and oxygen atoms in total. The van der Waals surface area contributed by atoms with E-state index in [0.717, 1.165) is 0 Å². The fourth-order valence-corrected chi connectivity index (χ4v) is 0. The van der Waals surface area contributed by atoms with Crippen molar-refractivity contribution in [2.45, 2.75) is 7.43 Å². The Labute approximate surface area is 61.1 Å². The Balaban J connectivity index is 0. The van der Waals surface area contributed by atoms with Gasteiger partial charge in [-0.3, -0.25) is 0 Å². The second-order valence-electron chi connectivity index (χ2n) is 0. The van der Waals surface area contributed by atoms with Crippen LogP contribution in [0.5, 0.6) is 0 Å². The Morgan fingerprint density at radius 1 is 1.25 bits per heavy atom. The maximum atomic E-state index is 0. The summed E-state index contributed by atoms with van der Waals surface area (Å²) in [5, 5.41) is 0. The summed E-state index contributed by atoms with van der Waals surface area (Å²) in [7, 11) is 0. The molecule has 0 aliphatic carbocycles. The maximum absolute atomic E-state index is 0. The van der Waals surface area contributed by atoms with Crippen molar-refractivity contribution in [3.63, 3.8) is 0 Å². The van der Waals surface area contributed by atoms with Crippen LogP contribution in [-0.2, 0) is 21.7 Å².